The van der Waals surface area contributed by atoms with E-state index < -0.39 is 0 Å². The van der Waals surface area contributed by atoms with E-state index in [0.29, 0.717) is 0 Å². The third kappa shape index (κ3) is 1.67. The van der Waals surface area contributed by atoms with Gasteiger partial charge >= 0.3 is 82.4 Å². The second-order valence-corrected chi connectivity index (χ2v) is 5.60. The number of hydrogen-bond donors (Lipinski definition) is 0. The maximum Gasteiger partial charge on any atom is -0.870 e. The van der Waals surface area contributed by atoms with Gasteiger partial charge in [-0.2, -0.15) is 0 Å². The minimum Gasteiger partial charge on any atom is -0.870 e. The molecule has 0 aliphatic rings. The van der Waals surface area contributed by atoms with Crippen molar-refractivity contribution in [1.82, 2.24) is 0 Å². The molecule has 0 atom stereocenters. The van der Waals surface area contributed by atoms with Crippen molar-refractivity contribution in [2.75, 3.05) is 0 Å². The van der Waals surface area contributed by atoms with Gasteiger partial charge in [0, 0.05) is 0 Å². The summed E-state index contributed by atoms with van der Waals surface area (Å²) in [4.78, 5) is 0. The zero-order valence-corrected chi connectivity index (χ0v) is 12.2. The number of benzene rings is 2. The van der Waals surface area contributed by atoms with Gasteiger partial charge in [-0.1, -0.05) is 0 Å². The summed E-state index contributed by atoms with van der Waals surface area (Å²) in [6, 6.07) is 15.1. The van der Waals surface area contributed by atoms with E-state index in [1.165, 1.54) is 10.8 Å². The Balaban J connectivity index is 0.000000720. The molecule has 2 heteroatoms. The van der Waals surface area contributed by atoms with Crippen molar-refractivity contribution in [2.24, 2.45) is 0 Å². The maximum atomic E-state index is 2.23. The molecule has 0 heterocycles. The van der Waals surface area contributed by atoms with Crippen LogP contribution in [0.25, 0.3) is 10.8 Å². The van der Waals surface area contributed by atoms with E-state index in [0.717, 1.165) is 26.1 Å². The largest absolute Gasteiger partial charge is 0.870 e. The van der Waals surface area contributed by atoms with E-state index in [-0.39, 0.29) is 5.48 Å². The molecule has 0 unspecified atom stereocenters. The summed E-state index contributed by atoms with van der Waals surface area (Å²) < 4.78 is 1.54. The van der Waals surface area contributed by atoms with E-state index in [1.54, 1.807) is 3.07 Å². The van der Waals surface area contributed by atoms with Crippen LogP contribution < -0.4 is 3.07 Å². The van der Waals surface area contributed by atoms with Crippen molar-refractivity contribution in [3.05, 3.63) is 42.5 Å². The summed E-state index contributed by atoms with van der Waals surface area (Å²) in [6.45, 7) is 0. The van der Waals surface area contributed by atoms with Crippen molar-refractivity contribution >= 4 is 13.8 Å². The third-order valence-corrected chi connectivity index (χ3v) is 4.28. The van der Waals surface area contributed by atoms with Gasteiger partial charge in [0.1, 0.15) is 0 Å². The Labute approximate surface area is 87.7 Å². The van der Waals surface area contributed by atoms with Gasteiger partial charge in [-0.3, -0.25) is 0 Å². The average Bonchev–Trinajstić information content (AvgIpc) is 2.06. The molecule has 0 aromatic heterocycles. The SMILES string of the molecule is [Hg+][c]1cccc2ccccc12.[OH-]. The smallest absolute Gasteiger partial charge is 0.870 e. The molecule has 12 heavy (non-hydrogen) atoms. The molecule has 0 bridgehead atoms. The summed E-state index contributed by atoms with van der Waals surface area (Å²) in [7, 11) is 0. The van der Waals surface area contributed by atoms with E-state index in [2.05, 4.69) is 42.5 Å². The van der Waals surface area contributed by atoms with Gasteiger partial charge < -0.3 is 5.48 Å². The fourth-order valence-corrected chi connectivity index (χ4v) is 3.07. The third-order valence-electron chi connectivity index (χ3n) is 1.88. The van der Waals surface area contributed by atoms with E-state index in [1.807, 2.05) is 0 Å². The van der Waals surface area contributed by atoms with Crippen molar-refractivity contribution in [3.63, 3.8) is 0 Å². The van der Waals surface area contributed by atoms with Crippen LogP contribution in [0.2, 0.25) is 0 Å². The molecule has 2 aromatic rings. The van der Waals surface area contributed by atoms with E-state index in [9.17, 15) is 0 Å². The van der Waals surface area contributed by atoms with Gasteiger partial charge in [0.2, 0.25) is 0 Å². The monoisotopic (exact) mass is 346 g/mol. The average molecular weight is 345 g/mol. The second-order valence-electron chi connectivity index (χ2n) is 2.64. The van der Waals surface area contributed by atoms with Gasteiger partial charge in [-0.25, -0.2) is 0 Å². The van der Waals surface area contributed by atoms with Crippen LogP contribution in [0.4, 0.5) is 0 Å². The van der Waals surface area contributed by atoms with Crippen molar-refractivity contribution < 1.29 is 31.6 Å². The van der Waals surface area contributed by atoms with Crippen molar-refractivity contribution in [1.29, 1.82) is 0 Å². The van der Waals surface area contributed by atoms with Crippen LogP contribution >= 0.6 is 0 Å². The van der Waals surface area contributed by atoms with E-state index in [4.69, 9.17) is 0 Å². The van der Waals surface area contributed by atoms with Crippen LogP contribution in [0.5, 0.6) is 0 Å². The topological polar surface area (TPSA) is 30.0 Å². The van der Waals surface area contributed by atoms with Crippen molar-refractivity contribution in [3.8, 4) is 0 Å². The quantitative estimate of drug-likeness (QED) is 0.671. The molecule has 56 valence electrons. The van der Waals surface area contributed by atoms with Gasteiger partial charge in [-0.15, -0.1) is 0 Å². The number of fused-ring (bicyclic) bond motifs is 1. The van der Waals surface area contributed by atoms with E-state index >= 15 is 0 Å². The van der Waals surface area contributed by atoms with Crippen LogP contribution in [0, 0.1) is 0 Å². The molecule has 0 spiro atoms. The minimum absolute atomic E-state index is 0. The Morgan fingerprint density at radius 3 is 2.25 bits per heavy atom. The van der Waals surface area contributed by atoms with Gasteiger partial charge in [-0.05, 0) is 0 Å². The molecule has 1 nitrogen and oxygen atoms in total. The fraction of sp³-hybridized carbons (Fsp3) is 0. The Morgan fingerprint density at radius 1 is 0.833 bits per heavy atom. The molecule has 0 fully saturated rings. The molecular formula is C10H8HgO. The molecule has 2 aromatic carbocycles. The summed E-state index contributed by atoms with van der Waals surface area (Å²) in [5, 5.41) is 2.82. The molecular weight excluding hydrogens is 337 g/mol. The molecule has 2 rings (SSSR count). The summed E-state index contributed by atoms with van der Waals surface area (Å²) in [6.07, 6.45) is 0. The Hall–Kier alpha value is -0.405. The van der Waals surface area contributed by atoms with Gasteiger partial charge in [0.15, 0.2) is 0 Å². The van der Waals surface area contributed by atoms with Crippen molar-refractivity contribution in [2.45, 2.75) is 0 Å². The standard InChI is InChI=1S/C10H7.Hg.H2O/c1-2-6-10-8-4-3-7-9(10)5-1;;/h1-7H;;1H2/q;+1;/p-1. The fourth-order valence-electron chi connectivity index (χ4n) is 1.29. The van der Waals surface area contributed by atoms with Crippen LogP contribution in [0.15, 0.2) is 42.5 Å². The predicted molar refractivity (Wildman–Crippen MR) is 45.5 cm³/mol. The first kappa shape index (κ1) is 9.68. The van der Waals surface area contributed by atoms with Gasteiger partial charge in [0.05, 0.1) is 0 Å². The summed E-state index contributed by atoms with van der Waals surface area (Å²) >= 11 is 0.735. The second kappa shape index (κ2) is 4.01. The van der Waals surface area contributed by atoms with Crippen LogP contribution in [-0.4, -0.2) is 5.48 Å². The molecule has 0 saturated heterocycles. The summed E-state index contributed by atoms with van der Waals surface area (Å²) in [5.74, 6) is 0. The van der Waals surface area contributed by atoms with Crippen LogP contribution in [0.1, 0.15) is 0 Å². The Kier molecular flexibility index (Phi) is 3.24. The first-order chi connectivity index (χ1) is 5.38. The first-order valence-corrected chi connectivity index (χ1v) is 6.42. The maximum absolute atomic E-state index is 2.23. The molecule has 0 aliphatic heterocycles. The van der Waals surface area contributed by atoms with Gasteiger partial charge in [0.25, 0.3) is 0 Å². The van der Waals surface area contributed by atoms with Crippen LogP contribution in [-0.2, 0) is 26.1 Å². The minimum atomic E-state index is 0. The predicted octanol–water partition coefficient (Wildman–Crippen LogP) is 1.84. The zero-order chi connectivity index (χ0) is 7.68. The zero-order valence-electron chi connectivity index (χ0n) is 6.70. The first-order valence-electron chi connectivity index (χ1n) is 3.67. The Morgan fingerprint density at radius 2 is 1.50 bits per heavy atom. The normalized spacial score (nSPS) is 9.50. The molecule has 0 amide bonds. The Bertz CT molecular complexity index is 379. The van der Waals surface area contributed by atoms with Crippen LogP contribution in [0.3, 0.4) is 0 Å². The molecule has 0 aliphatic carbocycles. The molecule has 0 saturated carbocycles. The molecule has 1 N–H and O–H groups in total. The molecule has 0 radical (unpaired) electrons. The summed E-state index contributed by atoms with van der Waals surface area (Å²) in [5.41, 5.74) is 0. The number of hydrogen-bond acceptors (Lipinski definition) is 1. The number of rotatable bonds is 0.